The van der Waals surface area contributed by atoms with E-state index >= 15 is 0 Å². The van der Waals surface area contributed by atoms with Crippen LogP contribution < -0.4 is 5.32 Å². The van der Waals surface area contributed by atoms with Crippen molar-refractivity contribution in [3.05, 3.63) is 53.2 Å². The molecular weight excluding hydrogens is 458 g/mol. The molecule has 11 heteroatoms. The number of aromatic nitrogens is 3. The summed E-state index contributed by atoms with van der Waals surface area (Å²) in [4.78, 5) is 16.9. The van der Waals surface area contributed by atoms with E-state index in [0.717, 1.165) is 25.7 Å². The van der Waals surface area contributed by atoms with E-state index in [-0.39, 0.29) is 20.6 Å². The number of anilines is 1. The smallest absolute Gasteiger partial charge is 0.257 e. The van der Waals surface area contributed by atoms with Crippen molar-refractivity contribution in [3.8, 4) is 10.7 Å². The lowest BCUT2D eigenvalue weighted by Gasteiger charge is -2.21. The highest BCUT2D eigenvalue weighted by atomic mass is 35.5. The minimum absolute atomic E-state index is 0.0600. The van der Waals surface area contributed by atoms with Crippen LogP contribution in [0.25, 0.3) is 10.7 Å². The second-order valence-electron chi connectivity index (χ2n) is 7.04. The van der Waals surface area contributed by atoms with Crippen LogP contribution in [0.4, 0.5) is 5.13 Å². The average Bonchev–Trinajstić information content (AvgIpc) is 3.05. The van der Waals surface area contributed by atoms with E-state index in [1.165, 1.54) is 33.8 Å². The van der Waals surface area contributed by atoms with Crippen LogP contribution in [0, 0.1) is 0 Å². The first-order valence-corrected chi connectivity index (χ1v) is 12.4. The minimum Gasteiger partial charge on any atom is -0.296 e. The molecule has 0 bridgehead atoms. The number of rotatable bonds is 5. The summed E-state index contributed by atoms with van der Waals surface area (Å²) < 4.78 is 27.7. The molecule has 1 aliphatic rings. The van der Waals surface area contributed by atoms with Crippen LogP contribution in [-0.2, 0) is 10.0 Å². The van der Waals surface area contributed by atoms with Crippen molar-refractivity contribution in [1.82, 2.24) is 19.5 Å². The molecule has 0 spiro atoms. The van der Waals surface area contributed by atoms with Gasteiger partial charge in [-0.1, -0.05) is 41.8 Å². The first-order chi connectivity index (χ1) is 14.9. The monoisotopic (exact) mass is 477 g/mol. The second kappa shape index (κ2) is 9.39. The zero-order valence-corrected chi connectivity index (χ0v) is 18.9. The highest BCUT2D eigenvalue weighted by Gasteiger charge is 2.28. The molecule has 1 saturated heterocycles. The molecule has 3 aromatic rings. The van der Waals surface area contributed by atoms with Crippen LogP contribution in [0.3, 0.4) is 0 Å². The van der Waals surface area contributed by atoms with Gasteiger partial charge >= 0.3 is 0 Å². The maximum atomic E-state index is 13.1. The normalized spacial score (nSPS) is 15.4. The van der Waals surface area contributed by atoms with Gasteiger partial charge in [0.2, 0.25) is 15.2 Å². The summed E-state index contributed by atoms with van der Waals surface area (Å²) >= 11 is 7.39. The van der Waals surface area contributed by atoms with Gasteiger partial charge in [-0.2, -0.15) is 4.31 Å². The molecule has 0 saturated carbocycles. The zero-order valence-electron chi connectivity index (χ0n) is 16.5. The lowest BCUT2D eigenvalue weighted by atomic mass is 10.2. The molecule has 0 aliphatic carbocycles. The van der Waals surface area contributed by atoms with Crippen molar-refractivity contribution in [1.29, 1.82) is 0 Å². The van der Waals surface area contributed by atoms with E-state index in [1.54, 1.807) is 18.3 Å². The van der Waals surface area contributed by atoms with Gasteiger partial charge in [-0.3, -0.25) is 15.1 Å². The summed E-state index contributed by atoms with van der Waals surface area (Å²) in [5, 5.41) is 11.6. The molecule has 2 aromatic heterocycles. The van der Waals surface area contributed by atoms with Crippen molar-refractivity contribution < 1.29 is 13.2 Å². The third-order valence-corrected chi connectivity index (χ3v) is 8.15. The fourth-order valence-electron chi connectivity index (χ4n) is 3.30. The fraction of sp³-hybridized carbons (Fsp3) is 0.300. The SMILES string of the molecule is O=C(Nc1nnc(-c2ccccn2)s1)c1ccc(Cl)c(S(=O)(=O)N2CCCCCC2)c1. The predicted octanol–water partition coefficient (Wildman–Crippen LogP) is 4.07. The topological polar surface area (TPSA) is 105 Å². The quantitative estimate of drug-likeness (QED) is 0.593. The van der Waals surface area contributed by atoms with Gasteiger partial charge in [0, 0.05) is 24.8 Å². The summed E-state index contributed by atoms with van der Waals surface area (Å²) in [6, 6.07) is 9.66. The molecule has 4 rings (SSSR count). The fourth-order valence-corrected chi connectivity index (χ4v) is 6.03. The Labute approximate surface area is 189 Å². The first kappa shape index (κ1) is 21.8. The van der Waals surface area contributed by atoms with Crippen LogP contribution in [-0.4, -0.2) is 46.9 Å². The molecule has 0 radical (unpaired) electrons. The summed E-state index contributed by atoms with van der Waals surface area (Å²) in [5.74, 6) is -0.493. The largest absolute Gasteiger partial charge is 0.296 e. The Balaban J connectivity index is 1.55. The van der Waals surface area contributed by atoms with Gasteiger partial charge in [0.1, 0.15) is 10.6 Å². The third-order valence-electron chi connectivity index (χ3n) is 4.91. The molecule has 3 heterocycles. The van der Waals surface area contributed by atoms with Crippen LogP contribution in [0.15, 0.2) is 47.5 Å². The molecule has 1 N–H and O–H groups in total. The van der Waals surface area contributed by atoms with Gasteiger partial charge in [0.05, 0.1) is 5.02 Å². The minimum atomic E-state index is -3.79. The van der Waals surface area contributed by atoms with Crippen LogP contribution in [0.2, 0.25) is 5.02 Å². The number of hydrogen-bond acceptors (Lipinski definition) is 7. The van der Waals surface area contributed by atoms with Gasteiger partial charge < -0.3 is 0 Å². The molecule has 1 amide bonds. The molecular formula is C20H20ClN5O3S2. The molecule has 0 atom stereocenters. The highest BCUT2D eigenvalue weighted by Crippen LogP contribution is 2.29. The Hall–Kier alpha value is -2.40. The van der Waals surface area contributed by atoms with Crippen molar-refractivity contribution in [3.63, 3.8) is 0 Å². The number of nitrogens with one attached hydrogen (secondary N) is 1. The molecule has 1 fully saturated rings. The maximum Gasteiger partial charge on any atom is 0.257 e. The maximum absolute atomic E-state index is 13.1. The number of sulfonamides is 1. The van der Waals surface area contributed by atoms with Crippen molar-refractivity contribution in [2.24, 2.45) is 0 Å². The summed E-state index contributed by atoms with van der Waals surface area (Å²) in [6.07, 6.45) is 5.28. The number of carbonyl (C=O) groups is 1. The number of nitrogens with zero attached hydrogens (tertiary/aromatic N) is 4. The second-order valence-corrected chi connectivity index (χ2v) is 10.3. The summed E-state index contributed by atoms with van der Waals surface area (Å²) in [7, 11) is -3.79. The summed E-state index contributed by atoms with van der Waals surface area (Å²) in [5.41, 5.74) is 0.824. The van der Waals surface area contributed by atoms with E-state index in [1.807, 2.05) is 6.07 Å². The molecule has 1 aromatic carbocycles. The lowest BCUT2D eigenvalue weighted by Crippen LogP contribution is -2.32. The van der Waals surface area contributed by atoms with Crippen molar-refractivity contribution in [2.75, 3.05) is 18.4 Å². The Morgan fingerprint density at radius 1 is 1.06 bits per heavy atom. The standard InChI is InChI=1S/C20H20ClN5O3S2/c21-15-9-8-14(13-17(15)31(28,29)26-11-5-1-2-6-12-26)18(27)23-20-25-24-19(30-20)16-7-3-4-10-22-16/h3-4,7-10,13H,1-2,5-6,11-12H2,(H,23,25,27). The molecule has 8 nitrogen and oxygen atoms in total. The van der Waals surface area contributed by atoms with Gasteiger partial charge in [0.25, 0.3) is 5.91 Å². The van der Waals surface area contributed by atoms with E-state index in [2.05, 4.69) is 20.5 Å². The van der Waals surface area contributed by atoms with Gasteiger partial charge in [0.15, 0.2) is 5.01 Å². The van der Waals surface area contributed by atoms with E-state index in [9.17, 15) is 13.2 Å². The summed E-state index contributed by atoms with van der Waals surface area (Å²) in [6.45, 7) is 0.909. The van der Waals surface area contributed by atoms with E-state index in [4.69, 9.17) is 11.6 Å². The number of amides is 1. The molecule has 0 unspecified atom stereocenters. The van der Waals surface area contributed by atoms with Crippen LogP contribution in [0.5, 0.6) is 0 Å². The van der Waals surface area contributed by atoms with Crippen LogP contribution >= 0.6 is 22.9 Å². The molecule has 1 aliphatic heterocycles. The molecule has 162 valence electrons. The number of benzene rings is 1. The number of carbonyl (C=O) groups excluding carboxylic acids is 1. The first-order valence-electron chi connectivity index (χ1n) is 9.81. The highest BCUT2D eigenvalue weighted by molar-refractivity contribution is 7.89. The van der Waals surface area contributed by atoms with E-state index < -0.39 is 15.9 Å². The molecule has 31 heavy (non-hydrogen) atoms. The number of hydrogen-bond donors (Lipinski definition) is 1. The van der Waals surface area contributed by atoms with Crippen molar-refractivity contribution in [2.45, 2.75) is 30.6 Å². The zero-order chi connectivity index (χ0) is 21.8. The predicted molar refractivity (Wildman–Crippen MR) is 120 cm³/mol. The lowest BCUT2D eigenvalue weighted by molar-refractivity contribution is 0.102. The Bertz CT molecular complexity index is 1180. The van der Waals surface area contributed by atoms with Crippen LogP contribution in [0.1, 0.15) is 36.0 Å². The van der Waals surface area contributed by atoms with Gasteiger partial charge in [-0.15, -0.1) is 10.2 Å². The van der Waals surface area contributed by atoms with Gasteiger partial charge in [-0.25, -0.2) is 8.42 Å². The number of halogens is 1. The van der Waals surface area contributed by atoms with Gasteiger partial charge in [-0.05, 0) is 43.2 Å². The van der Waals surface area contributed by atoms with E-state index in [0.29, 0.717) is 23.8 Å². The Morgan fingerprint density at radius 2 is 1.84 bits per heavy atom. The Morgan fingerprint density at radius 3 is 2.55 bits per heavy atom. The number of pyridine rings is 1. The average molecular weight is 478 g/mol. The van der Waals surface area contributed by atoms with Crippen molar-refractivity contribution >= 4 is 44.0 Å². The third kappa shape index (κ3) is 4.93. The Kier molecular flexibility index (Phi) is 6.61.